The number of ether oxygens (including phenoxy) is 1. The van der Waals surface area contributed by atoms with E-state index in [1.807, 2.05) is 48.5 Å². The average Bonchev–Trinajstić information content (AvgIpc) is 2.81. The van der Waals surface area contributed by atoms with Crippen LogP contribution in [0, 0.1) is 0 Å². The predicted molar refractivity (Wildman–Crippen MR) is 122 cm³/mol. The van der Waals surface area contributed by atoms with Crippen LogP contribution in [0.4, 0.5) is 17.2 Å². The Morgan fingerprint density at radius 3 is 2.71 bits per heavy atom. The number of anilines is 3. The molecule has 7 heteroatoms. The van der Waals surface area contributed by atoms with E-state index in [1.165, 1.54) is 0 Å². The Kier molecular flexibility index (Phi) is 6.86. The van der Waals surface area contributed by atoms with Crippen LogP contribution in [0.2, 0.25) is 0 Å². The van der Waals surface area contributed by atoms with Gasteiger partial charge < -0.3 is 20.7 Å². The van der Waals surface area contributed by atoms with Crippen LogP contribution in [0.1, 0.15) is 24.8 Å². The molecule has 7 nitrogen and oxygen atoms in total. The van der Waals surface area contributed by atoms with E-state index in [-0.39, 0.29) is 11.9 Å². The topological polar surface area (TPSA) is 88.2 Å². The molecule has 1 atom stereocenters. The maximum atomic E-state index is 12.4. The molecule has 4 rings (SSSR count). The van der Waals surface area contributed by atoms with Gasteiger partial charge in [0.25, 0.3) is 0 Å². The van der Waals surface area contributed by atoms with Crippen LogP contribution in [-0.2, 0) is 16.1 Å². The normalized spacial score (nSPS) is 16.0. The molecule has 0 spiro atoms. The van der Waals surface area contributed by atoms with Crippen molar-refractivity contribution < 1.29 is 9.53 Å². The van der Waals surface area contributed by atoms with Gasteiger partial charge in [-0.1, -0.05) is 24.6 Å². The third kappa shape index (κ3) is 5.65. The summed E-state index contributed by atoms with van der Waals surface area (Å²) < 4.78 is 5.21. The van der Waals surface area contributed by atoms with Crippen molar-refractivity contribution in [3.05, 3.63) is 66.5 Å². The first-order valence-corrected chi connectivity index (χ1v) is 10.5. The van der Waals surface area contributed by atoms with Crippen molar-refractivity contribution in [2.45, 2.75) is 31.9 Å². The summed E-state index contributed by atoms with van der Waals surface area (Å²) in [6, 6.07) is 17.5. The molecule has 1 fully saturated rings. The van der Waals surface area contributed by atoms with Gasteiger partial charge in [-0.05, 0) is 55.3 Å². The lowest BCUT2D eigenvalue weighted by Crippen LogP contribution is -2.43. The largest absolute Gasteiger partial charge is 0.380 e. The fraction of sp³-hybridized carbons (Fsp3) is 0.292. The van der Waals surface area contributed by atoms with Crippen molar-refractivity contribution >= 4 is 23.1 Å². The molecule has 2 aromatic carbocycles. The van der Waals surface area contributed by atoms with Gasteiger partial charge in [-0.2, -0.15) is 0 Å². The van der Waals surface area contributed by atoms with E-state index >= 15 is 0 Å². The van der Waals surface area contributed by atoms with Gasteiger partial charge in [0.05, 0.1) is 18.3 Å². The maximum absolute atomic E-state index is 12.4. The van der Waals surface area contributed by atoms with E-state index in [0.29, 0.717) is 12.4 Å². The third-order valence-corrected chi connectivity index (χ3v) is 5.25. The SMILES string of the molecule is COCc1cccc(-c2cc(Nc3ccc(NC(=O)[C@@H]4CCCCN4)cc3)ncn2)c1. The standard InChI is InChI=1S/C24H27N5O2/c1-31-15-17-5-4-6-18(13-17)22-14-23(27-16-26-22)28-19-8-10-20(11-9-19)29-24(30)21-7-2-3-12-25-21/h4-6,8-11,13-14,16,21,25H,2-3,7,12,15H2,1H3,(H,29,30)(H,26,27,28)/t21-/m0/s1. The third-order valence-electron chi connectivity index (χ3n) is 5.25. The zero-order chi connectivity index (χ0) is 21.5. The molecule has 1 aliphatic heterocycles. The van der Waals surface area contributed by atoms with E-state index in [9.17, 15) is 4.79 Å². The summed E-state index contributed by atoms with van der Waals surface area (Å²) >= 11 is 0. The first-order valence-electron chi connectivity index (χ1n) is 10.5. The molecule has 1 amide bonds. The van der Waals surface area contributed by atoms with E-state index in [2.05, 4.69) is 32.0 Å². The van der Waals surface area contributed by atoms with E-state index < -0.39 is 0 Å². The Hall–Kier alpha value is -3.29. The zero-order valence-electron chi connectivity index (χ0n) is 17.6. The van der Waals surface area contributed by atoms with Crippen LogP contribution in [0.25, 0.3) is 11.3 Å². The number of nitrogens with zero attached hydrogens (tertiary/aromatic N) is 2. The maximum Gasteiger partial charge on any atom is 0.241 e. The fourth-order valence-corrected chi connectivity index (χ4v) is 3.66. The highest BCUT2D eigenvalue weighted by molar-refractivity contribution is 5.95. The number of hydrogen-bond acceptors (Lipinski definition) is 6. The Morgan fingerprint density at radius 2 is 1.94 bits per heavy atom. The molecule has 0 bridgehead atoms. The molecule has 3 aromatic rings. The van der Waals surface area contributed by atoms with E-state index in [4.69, 9.17) is 4.74 Å². The molecular formula is C24H27N5O2. The number of nitrogens with one attached hydrogen (secondary N) is 3. The quantitative estimate of drug-likeness (QED) is 0.536. The van der Waals surface area contributed by atoms with Gasteiger partial charge >= 0.3 is 0 Å². The minimum Gasteiger partial charge on any atom is -0.380 e. The van der Waals surface area contributed by atoms with Crippen LogP contribution < -0.4 is 16.0 Å². The second-order valence-corrected chi connectivity index (χ2v) is 7.62. The van der Waals surface area contributed by atoms with Crippen molar-refractivity contribution in [3.63, 3.8) is 0 Å². The Balaban J connectivity index is 1.41. The second-order valence-electron chi connectivity index (χ2n) is 7.62. The molecule has 0 radical (unpaired) electrons. The number of aromatic nitrogens is 2. The van der Waals surface area contributed by atoms with Crippen LogP contribution in [0.15, 0.2) is 60.9 Å². The van der Waals surface area contributed by atoms with Gasteiger partial charge in [0.2, 0.25) is 5.91 Å². The molecule has 31 heavy (non-hydrogen) atoms. The number of piperidine rings is 1. The van der Waals surface area contributed by atoms with Gasteiger partial charge in [0, 0.05) is 30.1 Å². The molecule has 3 N–H and O–H groups in total. The van der Waals surface area contributed by atoms with Crippen molar-refractivity contribution in [2.24, 2.45) is 0 Å². The Bertz CT molecular complexity index is 1020. The predicted octanol–water partition coefficient (Wildman–Crippen LogP) is 4.11. The van der Waals surface area contributed by atoms with Crippen LogP contribution in [-0.4, -0.2) is 35.6 Å². The van der Waals surface area contributed by atoms with Crippen molar-refractivity contribution in [3.8, 4) is 11.3 Å². The van der Waals surface area contributed by atoms with Crippen molar-refractivity contribution in [1.82, 2.24) is 15.3 Å². The van der Waals surface area contributed by atoms with Crippen LogP contribution >= 0.6 is 0 Å². The molecule has 0 aliphatic carbocycles. The average molecular weight is 418 g/mol. The van der Waals surface area contributed by atoms with E-state index in [1.54, 1.807) is 13.4 Å². The summed E-state index contributed by atoms with van der Waals surface area (Å²) in [7, 11) is 1.68. The van der Waals surface area contributed by atoms with Crippen LogP contribution in [0.3, 0.4) is 0 Å². The van der Waals surface area contributed by atoms with Gasteiger partial charge in [0.1, 0.15) is 12.1 Å². The molecule has 0 unspecified atom stereocenters. The number of rotatable bonds is 7. The highest BCUT2D eigenvalue weighted by Crippen LogP contribution is 2.23. The monoisotopic (exact) mass is 417 g/mol. The molecule has 160 valence electrons. The van der Waals surface area contributed by atoms with Gasteiger partial charge in [-0.25, -0.2) is 9.97 Å². The lowest BCUT2D eigenvalue weighted by Gasteiger charge is -2.22. The zero-order valence-corrected chi connectivity index (χ0v) is 17.6. The molecular weight excluding hydrogens is 390 g/mol. The molecule has 2 heterocycles. The molecule has 1 aromatic heterocycles. The highest BCUT2D eigenvalue weighted by atomic mass is 16.5. The minimum atomic E-state index is -0.103. The van der Waals surface area contributed by atoms with E-state index in [0.717, 1.165) is 54.0 Å². The van der Waals surface area contributed by atoms with Gasteiger partial charge in [-0.3, -0.25) is 4.79 Å². The minimum absolute atomic E-state index is 0.0246. The molecule has 1 saturated heterocycles. The first kappa shape index (κ1) is 21.0. The van der Waals surface area contributed by atoms with Crippen molar-refractivity contribution in [1.29, 1.82) is 0 Å². The number of amides is 1. The molecule has 1 aliphatic rings. The first-order chi connectivity index (χ1) is 15.2. The smallest absolute Gasteiger partial charge is 0.241 e. The van der Waals surface area contributed by atoms with Crippen LogP contribution in [0.5, 0.6) is 0 Å². The fourth-order valence-electron chi connectivity index (χ4n) is 3.66. The summed E-state index contributed by atoms with van der Waals surface area (Å²) in [6.45, 7) is 1.46. The Morgan fingerprint density at radius 1 is 1.10 bits per heavy atom. The summed E-state index contributed by atoms with van der Waals surface area (Å²) in [5.41, 5.74) is 4.59. The number of carbonyl (C=O) groups excluding carboxylic acids is 1. The number of carbonyl (C=O) groups is 1. The van der Waals surface area contributed by atoms with Gasteiger partial charge in [-0.15, -0.1) is 0 Å². The number of benzene rings is 2. The van der Waals surface area contributed by atoms with Crippen molar-refractivity contribution in [2.75, 3.05) is 24.3 Å². The summed E-state index contributed by atoms with van der Waals surface area (Å²) in [6.07, 6.45) is 4.65. The summed E-state index contributed by atoms with van der Waals surface area (Å²) in [5.74, 6) is 0.724. The Labute approximate surface area is 182 Å². The second kappa shape index (κ2) is 10.1. The lowest BCUT2D eigenvalue weighted by atomic mass is 10.0. The van der Waals surface area contributed by atoms with Gasteiger partial charge in [0.15, 0.2) is 0 Å². The lowest BCUT2D eigenvalue weighted by molar-refractivity contribution is -0.118. The number of methoxy groups -OCH3 is 1. The number of hydrogen-bond donors (Lipinski definition) is 3. The summed E-state index contributed by atoms with van der Waals surface area (Å²) in [5, 5.41) is 9.55. The highest BCUT2D eigenvalue weighted by Gasteiger charge is 2.20. The summed E-state index contributed by atoms with van der Waals surface area (Å²) in [4.78, 5) is 21.1. The molecule has 0 saturated carbocycles.